The molecule has 7 nitrogen and oxygen atoms in total. The summed E-state index contributed by atoms with van der Waals surface area (Å²) in [5.74, 6) is -0.826. The Kier molecular flexibility index (Phi) is 6.50. The number of hydrogen-bond acceptors (Lipinski definition) is 4. The van der Waals surface area contributed by atoms with Crippen molar-refractivity contribution in [1.82, 2.24) is 10.2 Å². The van der Waals surface area contributed by atoms with Crippen molar-refractivity contribution in [3.05, 3.63) is 23.2 Å². The SMILES string of the molecule is CCN(CC(=O)O)C1CC(NC(=O)Nc2cc(Cl)ccc2N(C)C)C1. The van der Waals surface area contributed by atoms with Crippen LogP contribution in [0.15, 0.2) is 18.2 Å². The van der Waals surface area contributed by atoms with Crippen LogP contribution in [-0.4, -0.2) is 61.3 Å². The quantitative estimate of drug-likeness (QED) is 0.688. The molecule has 1 aromatic rings. The zero-order valence-electron chi connectivity index (χ0n) is 14.8. The molecule has 0 unspecified atom stereocenters. The smallest absolute Gasteiger partial charge is 0.319 e. The fourth-order valence-corrected chi connectivity index (χ4v) is 3.19. The summed E-state index contributed by atoms with van der Waals surface area (Å²) in [6.07, 6.45) is 1.51. The molecule has 1 saturated carbocycles. The number of anilines is 2. The molecule has 1 aliphatic carbocycles. The van der Waals surface area contributed by atoms with E-state index in [9.17, 15) is 9.59 Å². The number of hydrogen-bond donors (Lipinski definition) is 3. The molecule has 1 aromatic carbocycles. The highest BCUT2D eigenvalue weighted by Gasteiger charge is 2.34. The van der Waals surface area contributed by atoms with E-state index in [1.807, 2.05) is 36.9 Å². The summed E-state index contributed by atoms with van der Waals surface area (Å²) in [4.78, 5) is 26.9. The zero-order valence-corrected chi connectivity index (χ0v) is 15.5. The molecule has 2 amide bonds. The minimum atomic E-state index is -0.826. The number of nitrogens with one attached hydrogen (secondary N) is 2. The number of carboxylic acids is 1. The summed E-state index contributed by atoms with van der Waals surface area (Å²) in [6.45, 7) is 2.66. The van der Waals surface area contributed by atoms with Crippen LogP contribution in [0.4, 0.5) is 16.2 Å². The molecular weight excluding hydrogens is 344 g/mol. The number of rotatable bonds is 7. The Labute approximate surface area is 152 Å². The Hall–Kier alpha value is -1.99. The Morgan fingerprint density at radius 3 is 2.56 bits per heavy atom. The van der Waals surface area contributed by atoms with Crippen LogP contribution < -0.4 is 15.5 Å². The van der Waals surface area contributed by atoms with E-state index in [-0.39, 0.29) is 24.7 Å². The van der Waals surface area contributed by atoms with Gasteiger partial charge in [-0.3, -0.25) is 9.69 Å². The van der Waals surface area contributed by atoms with Crippen molar-refractivity contribution in [2.75, 3.05) is 37.4 Å². The molecule has 0 atom stereocenters. The van der Waals surface area contributed by atoms with Crippen molar-refractivity contribution in [3.8, 4) is 0 Å². The number of benzene rings is 1. The van der Waals surface area contributed by atoms with Crippen LogP contribution in [0.25, 0.3) is 0 Å². The van der Waals surface area contributed by atoms with Gasteiger partial charge >= 0.3 is 12.0 Å². The number of aliphatic carboxylic acids is 1. The van der Waals surface area contributed by atoms with E-state index >= 15 is 0 Å². The van der Waals surface area contributed by atoms with Gasteiger partial charge in [-0.15, -0.1) is 0 Å². The second kappa shape index (κ2) is 8.40. The number of likely N-dealkylation sites (N-methyl/N-ethyl adjacent to an activating group) is 1. The molecule has 0 radical (unpaired) electrons. The predicted octanol–water partition coefficient (Wildman–Crippen LogP) is 2.46. The summed E-state index contributed by atoms with van der Waals surface area (Å²) >= 11 is 6.02. The van der Waals surface area contributed by atoms with Gasteiger partial charge in [0.25, 0.3) is 0 Å². The molecule has 0 bridgehead atoms. The van der Waals surface area contributed by atoms with Crippen molar-refractivity contribution < 1.29 is 14.7 Å². The van der Waals surface area contributed by atoms with E-state index in [4.69, 9.17) is 16.7 Å². The van der Waals surface area contributed by atoms with Gasteiger partial charge in [0.1, 0.15) is 0 Å². The number of carbonyl (C=O) groups is 2. The number of halogens is 1. The van der Waals surface area contributed by atoms with Crippen LogP contribution in [0.1, 0.15) is 19.8 Å². The predicted molar refractivity (Wildman–Crippen MR) is 99.6 cm³/mol. The summed E-state index contributed by atoms with van der Waals surface area (Å²) in [5, 5.41) is 15.2. The van der Waals surface area contributed by atoms with Gasteiger partial charge in [0, 0.05) is 31.2 Å². The number of urea groups is 1. The third kappa shape index (κ3) is 5.24. The van der Waals surface area contributed by atoms with Gasteiger partial charge < -0.3 is 20.6 Å². The molecule has 3 N–H and O–H groups in total. The van der Waals surface area contributed by atoms with Crippen LogP contribution in [0.5, 0.6) is 0 Å². The third-order valence-corrected chi connectivity index (χ3v) is 4.63. The van der Waals surface area contributed by atoms with Crippen LogP contribution in [0.3, 0.4) is 0 Å². The molecule has 0 saturated heterocycles. The average molecular weight is 369 g/mol. The van der Waals surface area contributed by atoms with E-state index in [2.05, 4.69) is 10.6 Å². The molecule has 1 fully saturated rings. The molecule has 0 heterocycles. The van der Waals surface area contributed by atoms with Gasteiger partial charge in [0.15, 0.2) is 0 Å². The fourth-order valence-electron chi connectivity index (χ4n) is 3.02. The van der Waals surface area contributed by atoms with Gasteiger partial charge in [-0.05, 0) is 37.6 Å². The normalized spacial score (nSPS) is 19.2. The van der Waals surface area contributed by atoms with Crippen molar-refractivity contribution in [2.24, 2.45) is 0 Å². The first kappa shape index (κ1) is 19.3. The maximum Gasteiger partial charge on any atom is 0.319 e. The first-order valence-corrected chi connectivity index (χ1v) is 8.68. The van der Waals surface area contributed by atoms with Crippen molar-refractivity contribution in [3.63, 3.8) is 0 Å². The highest BCUT2D eigenvalue weighted by atomic mass is 35.5. The van der Waals surface area contributed by atoms with Crippen LogP contribution in [0.2, 0.25) is 5.02 Å². The number of carbonyl (C=O) groups excluding carboxylic acids is 1. The molecule has 2 rings (SSSR count). The molecular formula is C17H25ClN4O3. The summed E-state index contributed by atoms with van der Waals surface area (Å²) in [6, 6.07) is 5.31. The number of carboxylic acid groups (broad SMARTS) is 1. The van der Waals surface area contributed by atoms with Crippen molar-refractivity contribution in [2.45, 2.75) is 31.8 Å². The van der Waals surface area contributed by atoms with Gasteiger partial charge in [-0.1, -0.05) is 18.5 Å². The maximum atomic E-state index is 12.2. The molecule has 1 aliphatic rings. The first-order valence-electron chi connectivity index (χ1n) is 8.30. The molecule has 8 heteroatoms. The average Bonchev–Trinajstić information content (AvgIpc) is 2.48. The van der Waals surface area contributed by atoms with Crippen molar-refractivity contribution >= 4 is 35.0 Å². The van der Waals surface area contributed by atoms with Gasteiger partial charge in [0.2, 0.25) is 0 Å². The van der Waals surface area contributed by atoms with Gasteiger partial charge in [-0.2, -0.15) is 0 Å². The second-order valence-corrected chi connectivity index (χ2v) is 6.87. The second-order valence-electron chi connectivity index (χ2n) is 6.43. The largest absolute Gasteiger partial charge is 0.480 e. The van der Waals surface area contributed by atoms with Crippen LogP contribution in [-0.2, 0) is 4.79 Å². The molecule has 138 valence electrons. The summed E-state index contributed by atoms with van der Waals surface area (Å²) in [7, 11) is 3.79. The highest BCUT2D eigenvalue weighted by molar-refractivity contribution is 6.31. The molecule has 25 heavy (non-hydrogen) atoms. The molecule has 0 spiro atoms. The van der Waals surface area contributed by atoms with Crippen molar-refractivity contribution in [1.29, 1.82) is 0 Å². The van der Waals surface area contributed by atoms with E-state index in [1.165, 1.54) is 0 Å². The lowest BCUT2D eigenvalue weighted by Crippen LogP contribution is -2.55. The minimum absolute atomic E-state index is 0.0365. The molecule has 0 aromatic heterocycles. The van der Waals surface area contributed by atoms with Crippen LogP contribution >= 0.6 is 11.6 Å². The molecule has 0 aliphatic heterocycles. The van der Waals surface area contributed by atoms with E-state index in [1.54, 1.807) is 12.1 Å². The van der Waals surface area contributed by atoms with E-state index < -0.39 is 5.97 Å². The number of nitrogens with zero attached hydrogens (tertiary/aromatic N) is 2. The van der Waals surface area contributed by atoms with E-state index in [0.29, 0.717) is 17.3 Å². The Morgan fingerprint density at radius 1 is 1.32 bits per heavy atom. The van der Waals surface area contributed by atoms with E-state index in [0.717, 1.165) is 18.5 Å². The lowest BCUT2D eigenvalue weighted by molar-refractivity contribution is -0.139. The van der Waals surface area contributed by atoms with Gasteiger partial charge in [0.05, 0.1) is 17.9 Å². The fraction of sp³-hybridized carbons (Fsp3) is 0.529. The zero-order chi connectivity index (χ0) is 18.6. The van der Waals surface area contributed by atoms with Crippen LogP contribution in [0, 0.1) is 0 Å². The Bertz CT molecular complexity index is 632. The minimum Gasteiger partial charge on any atom is -0.480 e. The standard InChI is InChI=1S/C17H25ClN4O3/c1-4-22(10-16(23)24)13-8-12(9-13)19-17(25)20-14-7-11(18)5-6-15(14)21(2)3/h5-7,12-13H,4,8-10H2,1-3H3,(H,23,24)(H2,19,20,25). The topological polar surface area (TPSA) is 84.9 Å². The summed E-state index contributed by atoms with van der Waals surface area (Å²) in [5.41, 5.74) is 1.51. The lowest BCUT2D eigenvalue weighted by Gasteiger charge is -2.42. The highest BCUT2D eigenvalue weighted by Crippen LogP contribution is 2.29. The first-order chi connectivity index (χ1) is 11.8. The summed E-state index contributed by atoms with van der Waals surface area (Å²) < 4.78 is 0. The maximum absolute atomic E-state index is 12.2. The lowest BCUT2D eigenvalue weighted by atomic mass is 9.85. The Morgan fingerprint density at radius 2 is 2.00 bits per heavy atom. The third-order valence-electron chi connectivity index (χ3n) is 4.40. The van der Waals surface area contributed by atoms with Gasteiger partial charge in [-0.25, -0.2) is 4.79 Å². The number of amides is 2. The Balaban J connectivity index is 1.87. The monoisotopic (exact) mass is 368 g/mol.